The molecule has 2 atom stereocenters. The van der Waals surface area contributed by atoms with Gasteiger partial charge in [0.1, 0.15) is 0 Å². The zero-order valence-corrected chi connectivity index (χ0v) is 13.8. The summed E-state index contributed by atoms with van der Waals surface area (Å²) < 4.78 is 12.2. The topological polar surface area (TPSA) is 18.5 Å². The van der Waals surface area contributed by atoms with Gasteiger partial charge in [0.25, 0.3) is 0 Å². The summed E-state index contributed by atoms with van der Waals surface area (Å²) in [5, 5.41) is 0. The van der Waals surface area contributed by atoms with Gasteiger partial charge in [-0.15, -0.1) is 0 Å². The summed E-state index contributed by atoms with van der Waals surface area (Å²) in [4.78, 5) is 0. The molecule has 2 aliphatic rings. The molecule has 2 rings (SSSR count). The van der Waals surface area contributed by atoms with Crippen molar-refractivity contribution in [3.05, 3.63) is 0 Å². The first-order valence-corrected chi connectivity index (χ1v) is 9.00. The van der Waals surface area contributed by atoms with Crippen molar-refractivity contribution < 1.29 is 9.47 Å². The standard InChI is InChI=1S/C18H34O2/c1-4-14(2)16-10-12-18(13-11-16)20-15(3)19-17-8-6-5-7-9-17/h14-18H,4-13H2,1-3H3. The van der Waals surface area contributed by atoms with Crippen LogP contribution in [0.1, 0.15) is 85.0 Å². The smallest absolute Gasteiger partial charge is 0.155 e. The van der Waals surface area contributed by atoms with Crippen molar-refractivity contribution in [2.24, 2.45) is 11.8 Å². The second kappa shape index (κ2) is 8.38. The highest BCUT2D eigenvalue weighted by atomic mass is 16.7. The third-order valence-corrected chi connectivity index (χ3v) is 5.49. The number of rotatable bonds is 6. The number of hydrogen-bond donors (Lipinski definition) is 0. The fourth-order valence-electron chi connectivity index (χ4n) is 3.90. The van der Waals surface area contributed by atoms with Crippen LogP contribution in [0, 0.1) is 11.8 Å². The number of hydrogen-bond acceptors (Lipinski definition) is 2. The third-order valence-electron chi connectivity index (χ3n) is 5.49. The third kappa shape index (κ3) is 5.04. The Morgan fingerprint density at radius 2 is 1.35 bits per heavy atom. The molecule has 2 nitrogen and oxygen atoms in total. The molecule has 0 spiro atoms. The van der Waals surface area contributed by atoms with Crippen LogP contribution in [0.25, 0.3) is 0 Å². The van der Waals surface area contributed by atoms with Gasteiger partial charge < -0.3 is 9.47 Å². The van der Waals surface area contributed by atoms with E-state index in [9.17, 15) is 0 Å². The van der Waals surface area contributed by atoms with Crippen LogP contribution in [0.4, 0.5) is 0 Å². The van der Waals surface area contributed by atoms with Crippen molar-refractivity contribution in [2.75, 3.05) is 0 Å². The minimum atomic E-state index is -0.0109. The maximum atomic E-state index is 6.13. The summed E-state index contributed by atoms with van der Waals surface area (Å²) in [5.41, 5.74) is 0. The Morgan fingerprint density at radius 3 is 1.90 bits per heavy atom. The molecule has 0 aromatic heterocycles. The molecule has 2 aliphatic carbocycles. The molecule has 2 saturated carbocycles. The lowest BCUT2D eigenvalue weighted by Crippen LogP contribution is -2.31. The van der Waals surface area contributed by atoms with Gasteiger partial charge in [-0.05, 0) is 57.3 Å². The summed E-state index contributed by atoms with van der Waals surface area (Å²) in [7, 11) is 0. The average molecular weight is 282 g/mol. The van der Waals surface area contributed by atoms with Crippen molar-refractivity contribution >= 4 is 0 Å². The first-order valence-electron chi connectivity index (χ1n) is 9.00. The predicted octanol–water partition coefficient (Wildman–Crippen LogP) is 5.30. The Balaban J connectivity index is 1.64. The van der Waals surface area contributed by atoms with E-state index in [2.05, 4.69) is 20.8 Å². The molecule has 0 bridgehead atoms. The first-order chi connectivity index (χ1) is 9.69. The van der Waals surface area contributed by atoms with Gasteiger partial charge in [0.2, 0.25) is 0 Å². The zero-order valence-electron chi connectivity index (χ0n) is 13.8. The van der Waals surface area contributed by atoms with E-state index in [1.807, 2.05) is 0 Å². The lowest BCUT2D eigenvalue weighted by molar-refractivity contribution is -0.196. The van der Waals surface area contributed by atoms with Crippen LogP contribution in [0.3, 0.4) is 0 Å². The molecule has 0 amide bonds. The molecule has 0 N–H and O–H groups in total. The van der Waals surface area contributed by atoms with E-state index in [0.29, 0.717) is 12.2 Å². The highest BCUT2D eigenvalue weighted by Crippen LogP contribution is 2.33. The molecule has 0 heterocycles. The van der Waals surface area contributed by atoms with Crippen LogP contribution >= 0.6 is 0 Å². The highest BCUT2D eigenvalue weighted by Gasteiger charge is 2.26. The van der Waals surface area contributed by atoms with E-state index in [1.165, 1.54) is 64.2 Å². The molecular formula is C18H34O2. The maximum Gasteiger partial charge on any atom is 0.155 e. The molecule has 2 fully saturated rings. The van der Waals surface area contributed by atoms with E-state index in [4.69, 9.17) is 9.47 Å². The van der Waals surface area contributed by atoms with E-state index < -0.39 is 0 Å². The largest absolute Gasteiger partial charge is 0.350 e. The van der Waals surface area contributed by atoms with Gasteiger partial charge in [-0.3, -0.25) is 0 Å². The Morgan fingerprint density at radius 1 is 0.800 bits per heavy atom. The summed E-state index contributed by atoms with van der Waals surface area (Å²) in [6.45, 7) is 6.81. The fraction of sp³-hybridized carbons (Fsp3) is 1.00. The minimum Gasteiger partial charge on any atom is -0.350 e. The van der Waals surface area contributed by atoms with Gasteiger partial charge in [-0.25, -0.2) is 0 Å². The van der Waals surface area contributed by atoms with Gasteiger partial charge in [0.05, 0.1) is 12.2 Å². The minimum absolute atomic E-state index is 0.0109. The van der Waals surface area contributed by atoms with Crippen molar-refractivity contribution in [3.8, 4) is 0 Å². The molecular weight excluding hydrogens is 248 g/mol. The summed E-state index contributed by atoms with van der Waals surface area (Å²) >= 11 is 0. The summed E-state index contributed by atoms with van der Waals surface area (Å²) in [5.74, 6) is 1.81. The highest BCUT2D eigenvalue weighted by molar-refractivity contribution is 4.76. The van der Waals surface area contributed by atoms with Gasteiger partial charge in [-0.2, -0.15) is 0 Å². The number of ether oxygens (including phenoxy) is 2. The quantitative estimate of drug-likeness (QED) is 0.615. The van der Waals surface area contributed by atoms with E-state index in [-0.39, 0.29) is 6.29 Å². The van der Waals surface area contributed by atoms with Crippen LogP contribution in [0.15, 0.2) is 0 Å². The Bertz CT molecular complexity index is 252. The summed E-state index contributed by atoms with van der Waals surface area (Å²) in [6, 6.07) is 0. The molecule has 0 radical (unpaired) electrons. The van der Waals surface area contributed by atoms with Crippen molar-refractivity contribution in [1.29, 1.82) is 0 Å². The maximum absolute atomic E-state index is 6.13. The Labute approximate surface area is 125 Å². The average Bonchev–Trinajstić information content (AvgIpc) is 2.48. The molecule has 0 aromatic carbocycles. The van der Waals surface area contributed by atoms with Gasteiger partial charge in [0, 0.05) is 0 Å². The van der Waals surface area contributed by atoms with E-state index in [1.54, 1.807) is 0 Å². The molecule has 2 heteroatoms. The van der Waals surface area contributed by atoms with Crippen LogP contribution in [-0.2, 0) is 9.47 Å². The van der Waals surface area contributed by atoms with Crippen LogP contribution < -0.4 is 0 Å². The van der Waals surface area contributed by atoms with Gasteiger partial charge >= 0.3 is 0 Å². The fourth-order valence-corrected chi connectivity index (χ4v) is 3.90. The van der Waals surface area contributed by atoms with Crippen LogP contribution in [0.5, 0.6) is 0 Å². The Kier molecular flexibility index (Phi) is 6.83. The van der Waals surface area contributed by atoms with E-state index >= 15 is 0 Å². The molecule has 0 aliphatic heterocycles. The van der Waals surface area contributed by atoms with Gasteiger partial charge in [0.15, 0.2) is 6.29 Å². The summed E-state index contributed by atoms with van der Waals surface area (Å²) in [6.07, 6.45) is 13.9. The second-order valence-corrected chi connectivity index (χ2v) is 7.02. The van der Waals surface area contributed by atoms with Crippen LogP contribution in [0.2, 0.25) is 0 Å². The lowest BCUT2D eigenvalue weighted by Gasteiger charge is -2.34. The van der Waals surface area contributed by atoms with Crippen molar-refractivity contribution in [2.45, 2.75) is 103 Å². The van der Waals surface area contributed by atoms with Crippen LogP contribution in [-0.4, -0.2) is 18.5 Å². The normalized spacial score (nSPS) is 31.9. The molecule has 0 aromatic rings. The molecule has 20 heavy (non-hydrogen) atoms. The van der Waals surface area contributed by atoms with Gasteiger partial charge in [-0.1, -0.05) is 39.5 Å². The lowest BCUT2D eigenvalue weighted by atomic mass is 9.79. The molecule has 2 unspecified atom stereocenters. The predicted molar refractivity (Wildman–Crippen MR) is 83.7 cm³/mol. The molecule has 0 saturated heterocycles. The SMILES string of the molecule is CCC(C)C1CCC(OC(C)OC2CCCCC2)CC1. The first kappa shape index (κ1) is 16.3. The second-order valence-electron chi connectivity index (χ2n) is 7.02. The van der Waals surface area contributed by atoms with Crippen molar-refractivity contribution in [3.63, 3.8) is 0 Å². The van der Waals surface area contributed by atoms with E-state index in [0.717, 1.165) is 11.8 Å². The van der Waals surface area contributed by atoms with Crippen molar-refractivity contribution in [1.82, 2.24) is 0 Å². The monoisotopic (exact) mass is 282 g/mol. The zero-order chi connectivity index (χ0) is 14.4. The molecule has 118 valence electrons. The Hall–Kier alpha value is -0.0800.